The average molecular weight is 339 g/mol. The highest BCUT2D eigenvalue weighted by molar-refractivity contribution is 6.43. The van der Waals surface area contributed by atoms with Crippen molar-refractivity contribution in [2.75, 3.05) is 5.32 Å². The Bertz CT molecular complexity index is 807. The molecule has 0 bridgehead atoms. The van der Waals surface area contributed by atoms with E-state index in [9.17, 15) is 4.39 Å². The molecule has 0 saturated heterocycles. The quantitative estimate of drug-likeness (QED) is 0.740. The molecule has 22 heavy (non-hydrogen) atoms. The summed E-state index contributed by atoms with van der Waals surface area (Å²) in [5, 5.41) is 15.1. The van der Waals surface area contributed by atoms with Gasteiger partial charge in [0.25, 0.3) is 0 Å². The van der Waals surface area contributed by atoms with Gasteiger partial charge >= 0.3 is 0 Å². The molecule has 0 aliphatic rings. The predicted molar refractivity (Wildman–Crippen MR) is 80.7 cm³/mol. The zero-order valence-electron chi connectivity index (χ0n) is 11.0. The van der Waals surface area contributed by atoms with Gasteiger partial charge in [-0.1, -0.05) is 34.4 Å². The van der Waals surface area contributed by atoms with Gasteiger partial charge in [-0.3, -0.25) is 0 Å². The summed E-state index contributed by atoms with van der Waals surface area (Å²) in [4.78, 5) is 3.50. The molecule has 112 valence electrons. The van der Waals surface area contributed by atoms with Gasteiger partial charge < -0.3 is 5.32 Å². The molecule has 1 aromatic carbocycles. The maximum absolute atomic E-state index is 13.1. The SMILES string of the molecule is Fc1cc(CNc2nnnn2-c2cccc(Cl)c2Cl)ccn1. The van der Waals surface area contributed by atoms with E-state index < -0.39 is 5.95 Å². The second-order valence-corrected chi connectivity index (χ2v) is 5.11. The fourth-order valence-corrected chi connectivity index (χ4v) is 2.22. The number of anilines is 1. The van der Waals surface area contributed by atoms with Crippen molar-refractivity contribution < 1.29 is 4.39 Å². The molecule has 9 heteroatoms. The van der Waals surface area contributed by atoms with E-state index in [1.165, 1.54) is 16.9 Å². The summed E-state index contributed by atoms with van der Waals surface area (Å²) in [6.45, 7) is 0.331. The molecular weight excluding hydrogens is 330 g/mol. The molecule has 3 aromatic rings. The molecule has 6 nitrogen and oxygen atoms in total. The predicted octanol–water partition coefficient (Wildman–Crippen LogP) is 3.12. The third kappa shape index (κ3) is 3.00. The molecule has 2 aromatic heterocycles. The van der Waals surface area contributed by atoms with Crippen LogP contribution in [0.3, 0.4) is 0 Å². The maximum atomic E-state index is 13.1. The number of tetrazole rings is 1. The van der Waals surface area contributed by atoms with Crippen LogP contribution in [0.1, 0.15) is 5.56 Å². The van der Waals surface area contributed by atoms with E-state index in [0.29, 0.717) is 33.8 Å². The number of nitrogens with one attached hydrogen (secondary N) is 1. The molecule has 0 atom stereocenters. The van der Waals surface area contributed by atoms with Gasteiger partial charge in [0.15, 0.2) is 0 Å². The molecular formula is C13H9Cl2FN6. The van der Waals surface area contributed by atoms with Crippen LogP contribution in [0.2, 0.25) is 10.0 Å². The van der Waals surface area contributed by atoms with Gasteiger partial charge in [-0.05, 0) is 40.3 Å². The zero-order valence-corrected chi connectivity index (χ0v) is 12.6. The van der Waals surface area contributed by atoms with Gasteiger partial charge in [-0.15, -0.1) is 0 Å². The standard InChI is InChI=1S/C13H9Cl2FN6/c14-9-2-1-3-10(12(9)15)22-13(19-20-21-22)18-7-8-4-5-17-11(16)6-8/h1-6H,7H2,(H,18,19,21). The number of aromatic nitrogens is 5. The topological polar surface area (TPSA) is 68.5 Å². The van der Waals surface area contributed by atoms with E-state index in [1.807, 2.05) is 0 Å². The highest BCUT2D eigenvalue weighted by atomic mass is 35.5. The van der Waals surface area contributed by atoms with Crippen molar-refractivity contribution in [3.63, 3.8) is 0 Å². The second-order valence-electron chi connectivity index (χ2n) is 4.33. The lowest BCUT2D eigenvalue weighted by Gasteiger charge is -2.09. The third-order valence-corrected chi connectivity index (χ3v) is 3.68. The van der Waals surface area contributed by atoms with E-state index in [0.717, 1.165) is 0 Å². The lowest BCUT2D eigenvalue weighted by Crippen LogP contribution is -2.08. The Morgan fingerprint density at radius 1 is 1.23 bits per heavy atom. The highest BCUT2D eigenvalue weighted by Gasteiger charge is 2.13. The van der Waals surface area contributed by atoms with E-state index in [1.54, 1.807) is 24.3 Å². The van der Waals surface area contributed by atoms with E-state index in [4.69, 9.17) is 23.2 Å². The van der Waals surface area contributed by atoms with Gasteiger partial charge in [0.2, 0.25) is 11.9 Å². The summed E-state index contributed by atoms with van der Waals surface area (Å²) in [6, 6.07) is 8.17. The van der Waals surface area contributed by atoms with Crippen molar-refractivity contribution in [3.05, 3.63) is 58.1 Å². The Morgan fingerprint density at radius 3 is 2.91 bits per heavy atom. The smallest absolute Gasteiger partial charge is 0.248 e. The zero-order chi connectivity index (χ0) is 15.5. The van der Waals surface area contributed by atoms with Gasteiger partial charge in [-0.25, -0.2) is 4.98 Å². The van der Waals surface area contributed by atoms with Crippen LogP contribution in [-0.2, 0) is 6.54 Å². The van der Waals surface area contributed by atoms with Crippen LogP contribution in [0.25, 0.3) is 5.69 Å². The summed E-state index contributed by atoms with van der Waals surface area (Å²) in [7, 11) is 0. The van der Waals surface area contributed by atoms with Crippen LogP contribution in [0.15, 0.2) is 36.5 Å². The first-order valence-corrected chi connectivity index (χ1v) is 6.98. The molecule has 0 radical (unpaired) electrons. The number of benzene rings is 1. The Balaban J connectivity index is 1.85. The van der Waals surface area contributed by atoms with E-state index in [-0.39, 0.29) is 0 Å². The number of hydrogen-bond donors (Lipinski definition) is 1. The van der Waals surface area contributed by atoms with Crippen LogP contribution >= 0.6 is 23.2 Å². The first-order chi connectivity index (χ1) is 10.6. The monoisotopic (exact) mass is 338 g/mol. The van der Waals surface area contributed by atoms with Crippen LogP contribution < -0.4 is 5.32 Å². The molecule has 1 N–H and O–H groups in total. The minimum absolute atomic E-state index is 0.331. The lowest BCUT2D eigenvalue weighted by molar-refractivity contribution is 0.581. The summed E-state index contributed by atoms with van der Waals surface area (Å²) in [5.41, 5.74) is 1.25. The summed E-state index contributed by atoms with van der Waals surface area (Å²) in [6.07, 6.45) is 1.39. The average Bonchev–Trinajstić information content (AvgIpc) is 2.96. The second kappa shape index (κ2) is 6.25. The Hall–Kier alpha value is -2.25. The van der Waals surface area contributed by atoms with E-state index >= 15 is 0 Å². The summed E-state index contributed by atoms with van der Waals surface area (Å²) in [5.74, 6) is -0.182. The van der Waals surface area contributed by atoms with Gasteiger partial charge in [0, 0.05) is 12.7 Å². The van der Waals surface area contributed by atoms with Crippen molar-refractivity contribution in [2.24, 2.45) is 0 Å². The third-order valence-electron chi connectivity index (χ3n) is 2.87. The van der Waals surface area contributed by atoms with Gasteiger partial charge in [0.05, 0.1) is 15.7 Å². The molecule has 0 fully saturated rings. The molecule has 0 saturated carbocycles. The lowest BCUT2D eigenvalue weighted by atomic mass is 10.3. The van der Waals surface area contributed by atoms with E-state index in [2.05, 4.69) is 25.8 Å². The minimum Gasteiger partial charge on any atom is -0.349 e. The van der Waals surface area contributed by atoms with Crippen LogP contribution in [-0.4, -0.2) is 25.2 Å². The van der Waals surface area contributed by atoms with Crippen LogP contribution in [0.4, 0.5) is 10.3 Å². The largest absolute Gasteiger partial charge is 0.349 e. The molecule has 0 aliphatic carbocycles. The number of rotatable bonds is 4. The first kappa shape index (κ1) is 14.7. The Labute approximate surface area is 134 Å². The van der Waals surface area contributed by atoms with Crippen LogP contribution in [0, 0.1) is 5.95 Å². The molecule has 0 spiro atoms. The highest BCUT2D eigenvalue weighted by Crippen LogP contribution is 2.29. The normalized spacial score (nSPS) is 10.7. The Kier molecular flexibility index (Phi) is 4.17. The van der Waals surface area contributed by atoms with Crippen molar-refractivity contribution in [1.29, 1.82) is 0 Å². The number of hydrogen-bond acceptors (Lipinski definition) is 5. The van der Waals surface area contributed by atoms with Crippen molar-refractivity contribution in [2.45, 2.75) is 6.54 Å². The fourth-order valence-electron chi connectivity index (χ4n) is 1.85. The number of halogens is 3. The van der Waals surface area contributed by atoms with Gasteiger partial charge in [0.1, 0.15) is 0 Å². The maximum Gasteiger partial charge on any atom is 0.248 e. The summed E-state index contributed by atoms with van der Waals surface area (Å²) >= 11 is 12.2. The molecule has 0 aliphatic heterocycles. The van der Waals surface area contributed by atoms with Crippen molar-refractivity contribution in [1.82, 2.24) is 25.2 Å². The first-order valence-electron chi connectivity index (χ1n) is 6.22. The molecule has 0 amide bonds. The van der Waals surface area contributed by atoms with Crippen molar-refractivity contribution in [3.8, 4) is 5.69 Å². The Morgan fingerprint density at radius 2 is 2.09 bits per heavy atom. The molecule has 2 heterocycles. The molecule has 0 unspecified atom stereocenters. The number of nitrogens with zero attached hydrogens (tertiary/aromatic N) is 5. The molecule has 3 rings (SSSR count). The fraction of sp³-hybridized carbons (Fsp3) is 0.0769. The van der Waals surface area contributed by atoms with Crippen LogP contribution in [0.5, 0.6) is 0 Å². The van der Waals surface area contributed by atoms with Gasteiger partial charge in [-0.2, -0.15) is 9.07 Å². The number of pyridine rings is 1. The minimum atomic E-state index is -0.545. The summed E-state index contributed by atoms with van der Waals surface area (Å²) < 4.78 is 14.5. The van der Waals surface area contributed by atoms with Crippen molar-refractivity contribution >= 4 is 29.2 Å².